The number of nitriles is 4. The number of carbonyl (C=O) groups is 2. The molecular formula is C46H26N6O6S4. The molecule has 8 rings (SSSR count). The van der Waals surface area contributed by atoms with Crippen LogP contribution in [-0.2, 0) is 22.7 Å². The summed E-state index contributed by atoms with van der Waals surface area (Å²) < 4.78 is 24.7. The van der Waals surface area contributed by atoms with E-state index in [1.54, 1.807) is 48.5 Å². The smallest absolute Gasteiger partial charge is 0.339 e. The zero-order valence-corrected chi connectivity index (χ0v) is 35.7. The Balaban J connectivity index is 1.37. The van der Waals surface area contributed by atoms with E-state index in [4.69, 9.17) is 18.9 Å². The molecule has 0 atom stereocenters. The van der Waals surface area contributed by atoms with E-state index >= 15 is 0 Å². The summed E-state index contributed by atoms with van der Waals surface area (Å²) in [6.45, 7) is 0.0625. The van der Waals surface area contributed by atoms with E-state index in [1.165, 1.54) is 59.6 Å². The number of aliphatic imine (C=N–C) groups is 2. The summed E-state index contributed by atoms with van der Waals surface area (Å²) in [6, 6.07) is 36.4. The van der Waals surface area contributed by atoms with E-state index < -0.39 is 11.9 Å². The van der Waals surface area contributed by atoms with Gasteiger partial charge in [-0.15, -0.1) is 45.3 Å². The first-order chi connectivity index (χ1) is 30.2. The van der Waals surface area contributed by atoms with Crippen LogP contribution in [0, 0.1) is 45.3 Å². The van der Waals surface area contributed by atoms with Crippen LogP contribution in [0.4, 0.5) is 10.0 Å². The van der Waals surface area contributed by atoms with E-state index in [2.05, 4.69) is 9.98 Å². The third-order valence-corrected chi connectivity index (χ3v) is 14.1. The van der Waals surface area contributed by atoms with Gasteiger partial charge in [-0.25, -0.2) is 19.6 Å². The van der Waals surface area contributed by atoms with Gasteiger partial charge in [0.25, 0.3) is 0 Å². The second-order valence-corrected chi connectivity index (χ2v) is 17.3. The van der Waals surface area contributed by atoms with Gasteiger partial charge in [-0.2, -0.15) is 21.0 Å². The van der Waals surface area contributed by atoms with Crippen molar-refractivity contribution in [2.45, 2.75) is 13.2 Å². The van der Waals surface area contributed by atoms with Crippen LogP contribution in [0.1, 0.15) is 31.8 Å². The molecule has 16 heteroatoms. The molecule has 300 valence electrons. The Morgan fingerprint density at radius 1 is 0.532 bits per heavy atom. The largest absolute Gasteiger partial charge is 0.495 e. The van der Waals surface area contributed by atoms with Crippen LogP contribution in [-0.4, -0.2) is 37.6 Å². The highest BCUT2D eigenvalue weighted by molar-refractivity contribution is 7.29. The number of hydrogen-bond donors (Lipinski definition) is 0. The Bertz CT molecular complexity index is 3060. The minimum absolute atomic E-state index is 0.0312. The van der Waals surface area contributed by atoms with Gasteiger partial charge in [0, 0.05) is 52.8 Å². The number of ether oxygens (including phenoxy) is 4. The summed E-state index contributed by atoms with van der Waals surface area (Å²) in [5.41, 5.74) is 1.58. The Hall–Kier alpha value is -7.70. The molecule has 0 radical (unpaired) electrons. The lowest BCUT2D eigenvalue weighted by atomic mass is 9.98. The van der Waals surface area contributed by atoms with Crippen LogP contribution in [0.15, 0.2) is 107 Å². The van der Waals surface area contributed by atoms with Crippen molar-refractivity contribution in [3.63, 3.8) is 0 Å². The normalized spacial score (nSPS) is 10.6. The molecule has 0 fully saturated rings. The first-order valence-electron chi connectivity index (χ1n) is 18.3. The molecule has 0 bridgehead atoms. The molecule has 0 aliphatic heterocycles. The van der Waals surface area contributed by atoms with Gasteiger partial charge in [-0.05, 0) is 35.4 Å². The second-order valence-electron chi connectivity index (χ2n) is 13.1. The lowest BCUT2D eigenvalue weighted by Gasteiger charge is -2.11. The molecule has 8 aromatic rings. The van der Waals surface area contributed by atoms with Crippen LogP contribution in [0.2, 0.25) is 0 Å². The standard InChI is InChI=1S/C46H26N6O6S4/c1-55-35-17-39(51-27(19-47)20-48)61-43(35)37-15-31-33(45(53)57-23-25-9-5-3-6-10-25)14-30-29(41(31)59-37)13-34(46(54)58-24-26-11-7-4-8-12-26)32-16-38(60-42(30)32)44-36(56-2)18-40(62-44)52-28(21-49)22-50/h3-18H,23-24H2,1-2H3. The Morgan fingerprint density at radius 3 is 1.27 bits per heavy atom. The summed E-state index contributed by atoms with van der Waals surface area (Å²) in [6.07, 6.45) is 0. The van der Waals surface area contributed by atoms with Crippen molar-refractivity contribution in [2.24, 2.45) is 9.98 Å². The van der Waals surface area contributed by atoms with Crippen molar-refractivity contribution in [3.8, 4) is 55.3 Å². The first kappa shape index (κ1) is 41.1. The molecule has 0 saturated carbocycles. The molecule has 0 saturated heterocycles. The predicted molar refractivity (Wildman–Crippen MR) is 242 cm³/mol. The maximum atomic E-state index is 14.3. The summed E-state index contributed by atoms with van der Waals surface area (Å²) in [5.74, 6) is -0.223. The van der Waals surface area contributed by atoms with Crippen molar-refractivity contribution in [1.29, 1.82) is 21.0 Å². The number of thiophene rings is 4. The highest BCUT2D eigenvalue weighted by Crippen LogP contribution is 2.52. The summed E-state index contributed by atoms with van der Waals surface area (Å²) in [4.78, 5) is 39.6. The molecular weight excluding hydrogens is 861 g/mol. The zero-order chi connectivity index (χ0) is 43.3. The maximum Gasteiger partial charge on any atom is 0.339 e. The molecule has 12 nitrogen and oxygen atoms in total. The minimum Gasteiger partial charge on any atom is -0.495 e. The predicted octanol–water partition coefficient (Wildman–Crippen LogP) is 11.7. The van der Waals surface area contributed by atoms with Crippen LogP contribution >= 0.6 is 45.3 Å². The molecule has 0 unspecified atom stereocenters. The van der Waals surface area contributed by atoms with Gasteiger partial charge in [0.15, 0.2) is 0 Å². The van der Waals surface area contributed by atoms with Crippen molar-refractivity contribution < 1.29 is 28.5 Å². The van der Waals surface area contributed by atoms with E-state index in [0.717, 1.165) is 11.1 Å². The van der Waals surface area contributed by atoms with Crippen molar-refractivity contribution in [3.05, 3.63) is 119 Å². The number of methoxy groups -OCH3 is 2. The van der Waals surface area contributed by atoms with Crippen molar-refractivity contribution in [1.82, 2.24) is 0 Å². The molecule has 0 N–H and O–H groups in total. The number of carbonyl (C=O) groups excluding carboxylic acids is 2. The topological polar surface area (TPSA) is 191 Å². The number of rotatable bonds is 12. The molecule has 4 aromatic carbocycles. The number of nitrogens with zero attached hydrogens (tertiary/aromatic N) is 6. The Labute approximate surface area is 369 Å². The van der Waals surface area contributed by atoms with Gasteiger partial charge in [0.2, 0.25) is 11.4 Å². The SMILES string of the molecule is COc1cc(N=C(C#N)C#N)sc1-c1cc2c(C(=O)OCc3ccccc3)cc3c(cc(C(=O)OCc4ccccc4)c4cc(-c5sc(N=C(C#N)C#N)cc5OC)sc43)c2s1. The van der Waals surface area contributed by atoms with Gasteiger partial charge >= 0.3 is 11.9 Å². The van der Waals surface area contributed by atoms with Crippen molar-refractivity contribution in [2.75, 3.05) is 14.2 Å². The van der Waals surface area contributed by atoms with E-state index in [9.17, 15) is 30.6 Å². The molecule has 62 heavy (non-hydrogen) atoms. The van der Waals surface area contributed by atoms with E-state index in [0.29, 0.717) is 72.0 Å². The molecule has 0 aliphatic rings. The van der Waals surface area contributed by atoms with Crippen LogP contribution < -0.4 is 9.47 Å². The fourth-order valence-electron chi connectivity index (χ4n) is 6.57. The Morgan fingerprint density at radius 2 is 0.919 bits per heavy atom. The van der Waals surface area contributed by atoms with E-state index in [1.807, 2.05) is 72.8 Å². The van der Waals surface area contributed by atoms with Gasteiger partial charge in [0.1, 0.15) is 59.0 Å². The average Bonchev–Trinajstić information content (AvgIpc) is 4.13. The van der Waals surface area contributed by atoms with Gasteiger partial charge in [-0.3, -0.25) is 0 Å². The zero-order valence-electron chi connectivity index (χ0n) is 32.4. The lowest BCUT2D eigenvalue weighted by molar-refractivity contribution is 0.0466. The van der Waals surface area contributed by atoms with Crippen LogP contribution in [0.5, 0.6) is 11.5 Å². The number of hydrogen-bond acceptors (Lipinski definition) is 16. The third-order valence-electron chi connectivity index (χ3n) is 9.39. The number of esters is 2. The molecule has 0 aliphatic carbocycles. The summed E-state index contributed by atoms with van der Waals surface area (Å²) in [7, 11) is 3.01. The number of benzene rings is 4. The summed E-state index contributed by atoms with van der Waals surface area (Å²) >= 11 is 5.18. The van der Waals surface area contributed by atoms with Gasteiger partial charge < -0.3 is 18.9 Å². The van der Waals surface area contributed by atoms with Gasteiger partial charge in [0.05, 0.1) is 35.1 Å². The van der Waals surface area contributed by atoms with Gasteiger partial charge in [-0.1, -0.05) is 60.7 Å². The highest BCUT2D eigenvalue weighted by atomic mass is 32.1. The minimum atomic E-state index is -0.564. The third kappa shape index (κ3) is 8.11. The fourth-order valence-corrected chi connectivity index (χ4v) is 11.2. The average molecular weight is 887 g/mol. The maximum absolute atomic E-state index is 14.3. The monoisotopic (exact) mass is 886 g/mol. The second kappa shape index (κ2) is 17.9. The fraction of sp³-hybridized carbons (Fsp3) is 0.0870. The van der Waals surface area contributed by atoms with Crippen LogP contribution in [0.25, 0.3) is 50.5 Å². The summed E-state index contributed by atoms with van der Waals surface area (Å²) in [5, 5.41) is 40.7. The lowest BCUT2D eigenvalue weighted by Crippen LogP contribution is -2.07. The Kier molecular flexibility index (Phi) is 11.8. The van der Waals surface area contributed by atoms with Crippen LogP contribution in [0.3, 0.4) is 0 Å². The quantitative estimate of drug-likeness (QED) is 0.0842. The molecule has 4 aromatic heterocycles. The molecule has 0 spiro atoms. The van der Waals surface area contributed by atoms with E-state index in [-0.39, 0.29) is 35.8 Å². The first-order valence-corrected chi connectivity index (χ1v) is 21.5. The molecule has 0 amide bonds. The number of fused-ring (bicyclic) bond motifs is 5. The highest BCUT2D eigenvalue weighted by Gasteiger charge is 2.26. The molecule has 4 heterocycles. The van der Waals surface area contributed by atoms with Crippen molar-refractivity contribution >= 4 is 110 Å².